The van der Waals surface area contributed by atoms with E-state index in [0.29, 0.717) is 0 Å². The third-order valence-corrected chi connectivity index (χ3v) is 3.62. The van der Waals surface area contributed by atoms with Crippen LogP contribution >= 0.6 is 0 Å². The van der Waals surface area contributed by atoms with Gasteiger partial charge in [0.1, 0.15) is 0 Å². The van der Waals surface area contributed by atoms with E-state index in [4.69, 9.17) is 4.55 Å². The fourth-order valence-electron chi connectivity index (χ4n) is 1.18. The minimum atomic E-state index is -8.13. The molecule has 0 bridgehead atoms. The average molecular weight is 478 g/mol. The lowest BCUT2D eigenvalue weighted by atomic mass is 10.1. The van der Waals surface area contributed by atoms with Gasteiger partial charge >= 0.3 is 51.5 Å². The van der Waals surface area contributed by atoms with Crippen molar-refractivity contribution in [3.63, 3.8) is 0 Å². The van der Waals surface area contributed by atoms with E-state index < -0.39 is 58.6 Å². The second kappa shape index (κ2) is 6.69. The van der Waals surface area contributed by atoms with Crippen LogP contribution in [0.25, 0.3) is 0 Å². The van der Waals surface area contributed by atoms with Crippen LogP contribution in [-0.2, 0) is 19.6 Å². The Kier molecular flexibility index (Phi) is 6.41. The van der Waals surface area contributed by atoms with Gasteiger partial charge < -0.3 is 4.74 Å². The molecule has 5 nitrogen and oxygen atoms in total. The van der Waals surface area contributed by atoms with E-state index in [1.165, 1.54) is 4.74 Å². The van der Waals surface area contributed by atoms with Crippen LogP contribution < -0.4 is 0 Å². The van der Waals surface area contributed by atoms with Crippen molar-refractivity contribution in [2.24, 2.45) is 0 Å². The van der Waals surface area contributed by atoms with Gasteiger partial charge in [0, 0.05) is 7.11 Å². The van der Waals surface area contributed by atoms with Gasteiger partial charge in [-0.05, 0) is 0 Å². The quantitative estimate of drug-likeness (QED) is 0.425. The van der Waals surface area contributed by atoms with Crippen LogP contribution in [0.1, 0.15) is 0 Å². The van der Waals surface area contributed by atoms with Crippen LogP contribution in [0.4, 0.5) is 61.5 Å². The molecule has 0 spiro atoms. The molecular formula is C8H4F14O5S. The fraction of sp³-hybridized carbons (Fsp3) is 1.00. The first kappa shape index (κ1) is 26.9. The van der Waals surface area contributed by atoms with Gasteiger partial charge in [0.15, 0.2) is 0 Å². The zero-order valence-electron chi connectivity index (χ0n) is 12.3. The maximum atomic E-state index is 13.4. The summed E-state index contributed by atoms with van der Waals surface area (Å²) in [4.78, 5) is 0. The number of alkyl halides is 14. The normalized spacial score (nSPS) is 18.1. The highest BCUT2D eigenvalue weighted by Crippen LogP contribution is 2.58. The molecule has 1 atom stereocenters. The van der Waals surface area contributed by atoms with Crippen LogP contribution in [0.3, 0.4) is 0 Å². The average Bonchev–Trinajstić information content (AvgIpc) is 2.43. The van der Waals surface area contributed by atoms with Crippen LogP contribution in [-0.4, -0.2) is 61.4 Å². The highest BCUT2D eigenvalue weighted by molar-refractivity contribution is 7.87. The molecule has 0 amide bonds. The van der Waals surface area contributed by atoms with Gasteiger partial charge in [-0.1, -0.05) is 0 Å². The summed E-state index contributed by atoms with van der Waals surface area (Å²) in [5.74, 6) is -23.5. The second-order valence-corrected chi connectivity index (χ2v) is 6.04. The van der Waals surface area contributed by atoms with Crippen LogP contribution in [0, 0.1) is 0 Å². The first-order valence-corrected chi connectivity index (χ1v) is 7.08. The molecule has 0 saturated carbocycles. The van der Waals surface area contributed by atoms with E-state index in [1.807, 2.05) is 0 Å². The summed E-state index contributed by atoms with van der Waals surface area (Å²) in [7, 11) is -8.16. The number of hydrogen-bond donors (Lipinski definition) is 1. The van der Waals surface area contributed by atoms with Gasteiger partial charge in [-0.15, -0.1) is 0 Å². The Bertz CT molecular complexity index is 684. The lowest BCUT2D eigenvalue weighted by Gasteiger charge is -2.39. The maximum Gasteiger partial charge on any atom is 0.458 e. The summed E-state index contributed by atoms with van der Waals surface area (Å²) in [5, 5.41) is -7.53. The predicted molar refractivity (Wildman–Crippen MR) is 54.3 cm³/mol. The summed E-state index contributed by atoms with van der Waals surface area (Å²) in [5.41, 5.74) is 0. The molecule has 0 aliphatic rings. The van der Waals surface area contributed by atoms with Crippen molar-refractivity contribution >= 4 is 10.1 Å². The Morgan fingerprint density at radius 2 is 1.04 bits per heavy atom. The second-order valence-electron chi connectivity index (χ2n) is 4.57. The summed E-state index contributed by atoms with van der Waals surface area (Å²) in [6.45, 7) is 0. The van der Waals surface area contributed by atoms with Crippen LogP contribution in [0.15, 0.2) is 0 Å². The van der Waals surface area contributed by atoms with Gasteiger partial charge in [-0.2, -0.15) is 69.9 Å². The van der Waals surface area contributed by atoms with Crippen molar-refractivity contribution in [1.82, 2.24) is 0 Å². The molecule has 0 heterocycles. The van der Waals surface area contributed by atoms with Crippen LogP contribution in [0.5, 0.6) is 0 Å². The lowest BCUT2D eigenvalue weighted by molar-refractivity contribution is -0.529. The molecule has 0 fully saturated rings. The smallest absolute Gasteiger partial charge is 0.319 e. The van der Waals surface area contributed by atoms with E-state index >= 15 is 0 Å². The molecule has 0 aliphatic carbocycles. The van der Waals surface area contributed by atoms with Gasteiger partial charge in [-0.25, -0.2) is 0 Å². The summed E-state index contributed by atoms with van der Waals surface area (Å²) in [6.07, 6.45) is -21.9. The van der Waals surface area contributed by atoms with Crippen molar-refractivity contribution in [2.75, 3.05) is 7.11 Å². The Hall–Kier alpha value is -1.15. The third-order valence-electron chi connectivity index (χ3n) is 2.71. The Balaban J connectivity index is 6.58. The molecule has 0 rings (SSSR count). The number of methoxy groups -OCH3 is 1. The van der Waals surface area contributed by atoms with Gasteiger partial charge in [0.2, 0.25) is 0 Å². The van der Waals surface area contributed by atoms with E-state index in [0.717, 1.165) is 0 Å². The van der Waals surface area contributed by atoms with Crippen LogP contribution in [0.2, 0.25) is 0 Å². The number of rotatable bonds is 8. The zero-order valence-corrected chi connectivity index (χ0v) is 13.1. The Morgan fingerprint density at radius 1 is 0.679 bits per heavy atom. The van der Waals surface area contributed by atoms with Crippen molar-refractivity contribution in [3.05, 3.63) is 0 Å². The monoisotopic (exact) mass is 478 g/mol. The minimum absolute atomic E-state index is 0.513. The summed E-state index contributed by atoms with van der Waals surface area (Å²) in [6, 6.07) is 0. The number of ether oxygens (including phenoxy) is 2. The molecule has 20 heteroatoms. The highest BCUT2D eigenvalue weighted by atomic mass is 32.2. The highest BCUT2D eigenvalue weighted by Gasteiger charge is 2.88. The third kappa shape index (κ3) is 3.70. The Morgan fingerprint density at radius 3 is 1.29 bits per heavy atom. The first-order chi connectivity index (χ1) is 11.8. The molecule has 0 aliphatic heterocycles. The predicted octanol–water partition coefficient (Wildman–Crippen LogP) is 3.81. The molecule has 0 saturated heterocycles. The molecule has 0 aromatic rings. The fourth-order valence-corrected chi connectivity index (χ4v) is 1.63. The summed E-state index contributed by atoms with van der Waals surface area (Å²) >= 11 is 0. The van der Waals surface area contributed by atoms with Gasteiger partial charge in [0.25, 0.3) is 0 Å². The molecule has 28 heavy (non-hydrogen) atoms. The SMILES string of the molecule is COC(F)(F)C(F)(OC(F)(F)C(F)(F)C(F)(F)C(F)(F)S(=O)(=O)O)C(F)(F)F. The molecular weight excluding hydrogens is 474 g/mol. The minimum Gasteiger partial charge on any atom is -0.319 e. The van der Waals surface area contributed by atoms with Gasteiger partial charge in [0.05, 0.1) is 0 Å². The largest absolute Gasteiger partial charge is 0.458 e. The van der Waals surface area contributed by atoms with Crippen molar-refractivity contribution in [3.8, 4) is 0 Å². The lowest BCUT2D eigenvalue weighted by Crippen LogP contribution is -2.69. The number of hydrogen-bond acceptors (Lipinski definition) is 4. The first-order valence-electron chi connectivity index (χ1n) is 5.64. The summed E-state index contributed by atoms with van der Waals surface area (Å²) < 4.78 is 212. The van der Waals surface area contributed by atoms with E-state index in [1.54, 1.807) is 0 Å². The molecule has 170 valence electrons. The van der Waals surface area contributed by atoms with Gasteiger partial charge in [-0.3, -0.25) is 9.29 Å². The van der Waals surface area contributed by atoms with E-state index in [-0.39, 0.29) is 0 Å². The zero-order chi connectivity index (χ0) is 23.4. The van der Waals surface area contributed by atoms with E-state index in [2.05, 4.69) is 4.74 Å². The molecule has 1 unspecified atom stereocenters. The molecule has 0 radical (unpaired) electrons. The van der Waals surface area contributed by atoms with E-state index in [9.17, 15) is 69.9 Å². The Labute approximate surface area is 143 Å². The standard InChI is InChI=1S/C8H4F14O5S/c1-26-7(19,20)4(13,5(14,15)16)27-6(17,18)2(9,10)3(11,12)8(21,22)28(23,24)25/h1H3,(H,23,24,25). The molecule has 1 N–H and O–H groups in total. The topological polar surface area (TPSA) is 72.8 Å². The molecule has 0 aromatic heterocycles. The van der Waals surface area contributed by atoms with Crippen molar-refractivity contribution in [2.45, 2.75) is 41.3 Å². The van der Waals surface area contributed by atoms with Crippen molar-refractivity contribution < 1.29 is 83.9 Å². The van der Waals surface area contributed by atoms with Crippen molar-refractivity contribution in [1.29, 1.82) is 0 Å². The number of halogens is 14. The molecule has 0 aromatic carbocycles. The maximum absolute atomic E-state index is 13.4.